The first-order chi connectivity index (χ1) is 14.7. The number of esters is 1. The molecular weight excluding hydrogens is 398 g/mol. The van der Waals surface area contributed by atoms with E-state index in [4.69, 9.17) is 10.5 Å². The molecule has 162 valence electrons. The monoisotopic (exact) mass is 423 g/mol. The van der Waals surface area contributed by atoms with Crippen molar-refractivity contribution >= 4 is 28.3 Å². The summed E-state index contributed by atoms with van der Waals surface area (Å²) >= 11 is 0. The summed E-state index contributed by atoms with van der Waals surface area (Å²) < 4.78 is 7.16. The number of ether oxygens (including phenoxy) is 1. The van der Waals surface area contributed by atoms with Crippen molar-refractivity contribution in [2.45, 2.75) is 26.8 Å². The van der Waals surface area contributed by atoms with Gasteiger partial charge in [-0.2, -0.15) is 0 Å². The smallest absolute Gasteiger partial charge is 0.332 e. The molecule has 0 amide bonds. The molecule has 0 unspecified atom stereocenters. The maximum absolute atomic E-state index is 12.7. The highest BCUT2D eigenvalue weighted by molar-refractivity contribution is 6.01. The van der Waals surface area contributed by atoms with Gasteiger partial charge in [0.2, 0.25) is 5.78 Å². The van der Waals surface area contributed by atoms with Gasteiger partial charge in [0.1, 0.15) is 11.4 Å². The average molecular weight is 423 g/mol. The number of rotatable bonds is 7. The summed E-state index contributed by atoms with van der Waals surface area (Å²) in [5.41, 5.74) is 5.01. The van der Waals surface area contributed by atoms with Gasteiger partial charge in [-0.05, 0) is 22.3 Å². The lowest BCUT2D eigenvalue weighted by Crippen LogP contribution is -2.43. The molecule has 0 atom stereocenters. The van der Waals surface area contributed by atoms with E-state index in [0.29, 0.717) is 0 Å². The van der Waals surface area contributed by atoms with Crippen LogP contribution in [0.2, 0.25) is 0 Å². The Bertz CT molecular complexity index is 1270. The second-order valence-electron chi connectivity index (χ2n) is 7.81. The van der Waals surface area contributed by atoms with Gasteiger partial charge in [-0.1, -0.05) is 56.3 Å². The number of aromatic nitrogens is 2. The lowest BCUT2D eigenvalue weighted by molar-refractivity contribution is -0.141. The van der Waals surface area contributed by atoms with Gasteiger partial charge in [0, 0.05) is 13.6 Å². The van der Waals surface area contributed by atoms with Gasteiger partial charge in [-0.3, -0.25) is 23.5 Å². The Labute approximate surface area is 178 Å². The van der Waals surface area contributed by atoms with Gasteiger partial charge in [0.05, 0.1) is 6.42 Å². The maximum Gasteiger partial charge on any atom is 0.332 e. The molecule has 8 nitrogen and oxygen atoms in total. The highest BCUT2D eigenvalue weighted by Crippen LogP contribution is 2.19. The summed E-state index contributed by atoms with van der Waals surface area (Å²) in [4.78, 5) is 49.8. The van der Waals surface area contributed by atoms with E-state index in [2.05, 4.69) is 0 Å². The van der Waals surface area contributed by atoms with Crippen LogP contribution in [0.15, 0.2) is 52.1 Å². The zero-order valence-electron chi connectivity index (χ0n) is 17.8. The first-order valence-corrected chi connectivity index (χ1v) is 9.95. The number of carbonyl (C=O) groups is 2. The first kappa shape index (κ1) is 22.0. The number of nitrogens with two attached hydrogens (primary N) is 1. The van der Waals surface area contributed by atoms with Crippen LogP contribution in [0.4, 0.5) is 5.82 Å². The van der Waals surface area contributed by atoms with Crippen LogP contribution in [0, 0.1) is 5.92 Å². The Morgan fingerprint density at radius 2 is 1.74 bits per heavy atom. The van der Waals surface area contributed by atoms with Crippen LogP contribution in [0.1, 0.15) is 29.8 Å². The maximum atomic E-state index is 12.7. The van der Waals surface area contributed by atoms with Crippen molar-refractivity contribution in [3.05, 3.63) is 74.4 Å². The summed E-state index contributed by atoms with van der Waals surface area (Å²) in [5, 5.41) is 1.92. The second-order valence-corrected chi connectivity index (χ2v) is 7.81. The molecule has 2 N–H and O–H groups in total. The number of ketones is 1. The molecule has 0 radical (unpaired) electrons. The molecule has 0 saturated heterocycles. The van der Waals surface area contributed by atoms with Crippen molar-refractivity contribution in [3.63, 3.8) is 0 Å². The summed E-state index contributed by atoms with van der Waals surface area (Å²) in [5.74, 6) is -1.49. The fraction of sp³-hybridized carbons (Fsp3) is 0.304. The van der Waals surface area contributed by atoms with Crippen LogP contribution in [0.5, 0.6) is 0 Å². The Balaban J connectivity index is 1.79. The third kappa shape index (κ3) is 4.58. The highest BCUT2D eigenvalue weighted by Gasteiger charge is 2.23. The van der Waals surface area contributed by atoms with Crippen LogP contribution in [-0.4, -0.2) is 27.5 Å². The number of carbonyl (C=O) groups excluding carboxylic acids is 2. The Kier molecular flexibility index (Phi) is 6.39. The lowest BCUT2D eigenvalue weighted by Gasteiger charge is -2.16. The van der Waals surface area contributed by atoms with E-state index in [1.54, 1.807) is 0 Å². The predicted molar refractivity (Wildman–Crippen MR) is 118 cm³/mol. The second kappa shape index (κ2) is 8.99. The van der Waals surface area contributed by atoms with Crippen molar-refractivity contribution in [2.24, 2.45) is 13.0 Å². The largest absolute Gasteiger partial charge is 0.457 e. The molecule has 0 saturated carbocycles. The van der Waals surface area contributed by atoms with Crippen LogP contribution in [0.3, 0.4) is 0 Å². The number of Topliss-reactive ketones (excluding diaryl/α,β-unsaturated/α-hetero) is 1. The van der Waals surface area contributed by atoms with E-state index >= 15 is 0 Å². The third-order valence-corrected chi connectivity index (χ3v) is 4.99. The van der Waals surface area contributed by atoms with Crippen LogP contribution >= 0.6 is 0 Å². The molecule has 1 aromatic heterocycles. The van der Waals surface area contributed by atoms with Gasteiger partial charge in [0.25, 0.3) is 5.56 Å². The molecule has 3 aromatic rings. The zero-order valence-corrected chi connectivity index (χ0v) is 17.8. The molecule has 0 aliphatic carbocycles. The molecule has 0 aliphatic rings. The average Bonchev–Trinajstić information content (AvgIpc) is 2.74. The van der Waals surface area contributed by atoms with Gasteiger partial charge in [-0.15, -0.1) is 0 Å². The van der Waals surface area contributed by atoms with Gasteiger partial charge in [-0.25, -0.2) is 4.79 Å². The van der Waals surface area contributed by atoms with Crippen LogP contribution in [0.25, 0.3) is 10.8 Å². The summed E-state index contributed by atoms with van der Waals surface area (Å²) in [7, 11) is 1.28. The number of benzene rings is 2. The molecule has 0 fully saturated rings. The summed E-state index contributed by atoms with van der Waals surface area (Å²) in [6.45, 7) is 3.38. The van der Waals surface area contributed by atoms with Crippen molar-refractivity contribution in [1.29, 1.82) is 0 Å². The number of anilines is 1. The number of nitrogens with zero attached hydrogens (tertiary/aromatic N) is 2. The number of hydrogen-bond donors (Lipinski definition) is 1. The molecular formula is C23H25N3O5. The van der Waals surface area contributed by atoms with E-state index < -0.39 is 29.6 Å². The minimum atomic E-state index is -0.808. The van der Waals surface area contributed by atoms with Crippen molar-refractivity contribution < 1.29 is 14.3 Å². The quantitative estimate of drug-likeness (QED) is 0.459. The fourth-order valence-electron chi connectivity index (χ4n) is 3.46. The molecule has 0 bridgehead atoms. The van der Waals surface area contributed by atoms with E-state index in [1.165, 1.54) is 11.6 Å². The third-order valence-electron chi connectivity index (χ3n) is 4.99. The van der Waals surface area contributed by atoms with E-state index in [0.717, 1.165) is 20.9 Å². The van der Waals surface area contributed by atoms with Crippen molar-refractivity contribution in [3.8, 4) is 0 Å². The number of hydrogen-bond acceptors (Lipinski definition) is 6. The van der Waals surface area contributed by atoms with E-state index in [-0.39, 0.29) is 30.3 Å². The van der Waals surface area contributed by atoms with Crippen LogP contribution < -0.4 is 17.0 Å². The first-order valence-electron chi connectivity index (χ1n) is 9.95. The van der Waals surface area contributed by atoms with Crippen LogP contribution in [-0.2, 0) is 29.5 Å². The van der Waals surface area contributed by atoms with Gasteiger partial charge >= 0.3 is 11.7 Å². The number of fused-ring (bicyclic) bond motifs is 1. The summed E-state index contributed by atoms with van der Waals surface area (Å²) in [6.07, 6.45) is -0.0189. The predicted octanol–water partition coefficient (Wildman–Crippen LogP) is 1.91. The molecule has 31 heavy (non-hydrogen) atoms. The van der Waals surface area contributed by atoms with Crippen molar-refractivity contribution in [1.82, 2.24) is 9.13 Å². The SMILES string of the molecule is CC(C)Cn1c(N)c(C(=O)COC(=O)Cc2cccc3ccccc23)c(=O)n(C)c1=O. The molecule has 8 heteroatoms. The minimum absolute atomic E-state index is 0.0189. The molecule has 1 heterocycles. The Morgan fingerprint density at radius 1 is 1.06 bits per heavy atom. The van der Waals surface area contributed by atoms with Gasteiger partial charge < -0.3 is 10.5 Å². The lowest BCUT2D eigenvalue weighted by atomic mass is 10.0. The normalized spacial score (nSPS) is 11.1. The fourth-order valence-corrected chi connectivity index (χ4v) is 3.46. The Morgan fingerprint density at radius 3 is 2.45 bits per heavy atom. The summed E-state index contributed by atoms with van der Waals surface area (Å²) in [6, 6.07) is 13.2. The highest BCUT2D eigenvalue weighted by atomic mass is 16.5. The minimum Gasteiger partial charge on any atom is -0.457 e. The zero-order chi connectivity index (χ0) is 22.7. The molecule has 3 rings (SSSR count). The topological polar surface area (TPSA) is 113 Å². The standard InChI is InChI=1S/C23H25N3O5/c1-14(2)12-26-21(24)20(22(29)25(3)23(26)30)18(27)13-31-19(28)11-16-9-6-8-15-7-4-5-10-17(15)16/h4-10,14H,11-13,24H2,1-3H3. The molecule has 2 aromatic carbocycles. The molecule has 0 aliphatic heterocycles. The number of nitrogen functional groups attached to an aromatic ring is 1. The van der Waals surface area contributed by atoms with E-state index in [9.17, 15) is 19.2 Å². The van der Waals surface area contributed by atoms with Crippen molar-refractivity contribution in [2.75, 3.05) is 12.3 Å². The van der Waals surface area contributed by atoms with E-state index in [1.807, 2.05) is 56.3 Å². The van der Waals surface area contributed by atoms with Gasteiger partial charge in [0.15, 0.2) is 6.61 Å². The molecule has 0 spiro atoms. The Hall–Kier alpha value is -3.68.